The van der Waals surface area contributed by atoms with E-state index in [-0.39, 0.29) is 0 Å². The molecule has 0 spiro atoms. The van der Waals surface area contributed by atoms with E-state index in [1.807, 2.05) is 18.9 Å². The normalized spacial score (nSPS) is 11.0. The van der Waals surface area contributed by atoms with Crippen LogP contribution in [0.1, 0.15) is 16.1 Å². The van der Waals surface area contributed by atoms with Gasteiger partial charge in [0.25, 0.3) is 0 Å². The third-order valence-electron chi connectivity index (χ3n) is 2.95. The number of nitro groups is 1. The van der Waals surface area contributed by atoms with Gasteiger partial charge >= 0.3 is 5.69 Å². The van der Waals surface area contributed by atoms with E-state index in [1.54, 1.807) is 22.9 Å². The average Bonchev–Trinajstić information content (AvgIpc) is 2.77. The zero-order valence-corrected chi connectivity index (χ0v) is 12.0. The largest absolute Gasteiger partial charge is 0.305 e. The van der Waals surface area contributed by atoms with Crippen LogP contribution in [0.4, 0.5) is 10.1 Å². The highest BCUT2D eigenvalue weighted by atomic mass is 32.1. The summed E-state index contributed by atoms with van der Waals surface area (Å²) in [5.74, 6) is -0.759. The van der Waals surface area contributed by atoms with E-state index >= 15 is 0 Å². The minimum atomic E-state index is -0.759. The van der Waals surface area contributed by atoms with Crippen LogP contribution in [0.25, 0.3) is 0 Å². The number of aryl methyl sites for hydroxylation is 1. The van der Waals surface area contributed by atoms with E-state index in [0.29, 0.717) is 18.7 Å². The number of aromatic nitrogens is 1. The van der Waals surface area contributed by atoms with Gasteiger partial charge in [0.15, 0.2) is 0 Å². The van der Waals surface area contributed by atoms with Crippen LogP contribution in [-0.2, 0) is 13.1 Å². The number of nitrogens with zero attached hydrogens (tertiary/aromatic N) is 3. The van der Waals surface area contributed by atoms with Gasteiger partial charge < -0.3 is 0 Å². The van der Waals surface area contributed by atoms with E-state index in [2.05, 4.69) is 4.98 Å². The maximum Gasteiger partial charge on any atom is 0.305 e. The first-order chi connectivity index (χ1) is 9.49. The van der Waals surface area contributed by atoms with E-state index in [9.17, 15) is 14.5 Å². The molecule has 0 bridgehead atoms. The van der Waals surface area contributed by atoms with Crippen molar-refractivity contribution in [1.29, 1.82) is 0 Å². The lowest BCUT2D eigenvalue weighted by Crippen LogP contribution is -2.18. The Hall–Kier alpha value is -1.86. The van der Waals surface area contributed by atoms with Crippen LogP contribution < -0.4 is 0 Å². The SMILES string of the molecule is Cc1ncsc1CN(C)Cc1cccc([N+](=O)[O-])c1F. The minimum absolute atomic E-state index is 0.310. The van der Waals surface area contributed by atoms with Gasteiger partial charge in [-0.1, -0.05) is 12.1 Å². The summed E-state index contributed by atoms with van der Waals surface area (Å²) < 4.78 is 14.0. The summed E-state index contributed by atoms with van der Waals surface area (Å²) in [6.07, 6.45) is 0. The zero-order valence-electron chi connectivity index (χ0n) is 11.2. The molecule has 1 aromatic carbocycles. The van der Waals surface area contributed by atoms with Crippen molar-refractivity contribution in [1.82, 2.24) is 9.88 Å². The number of hydrogen-bond acceptors (Lipinski definition) is 5. The Balaban J connectivity index is 2.12. The maximum absolute atomic E-state index is 14.0. The molecule has 5 nitrogen and oxygen atoms in total. The number of thiazole rings is 1. The lowest BCUT2D eigenvalue weighted by atomic mass is 10.1. The first-order valence-electron chi connectivity index (χ1n) is 5.98. The van der Waals surface area contributed by atoms with Crippen molar-refractivity contribution in [3.63, 3.8) is 0 Å². The first kappa shape index (κ1) is 14.5. The third-order valence-corrected chi connectivity index (χ3v) is 3.87. The lowest BCUT2D eigenvalue weighted by Gasteiger charge is -2.16. The molecule has 0 aliphatic rings. The molecule has 2 aromatic rings. The Labute approximate surface area is 119 Å². The molecular weight excluding hydrogens is 281 g/mol. The van der Waals surface area contributed by atoms with E-state index in [0.717, 1.165) is 10.6 Å². The molecule has 0 amide bonds. The van der Waals surface area contributed by atoms with Crippen molar-refractivity contribution < 1.29 is 9.31 Å². The highest BCUT2D eigenvalue weighted by Crippen LogP contribution is 2.22. The van der Waals surface area contributed by atoms with E-state index < -0.39 is 16.4 Å². The molecule has 0 aliphatic carbocycles. The van der Waals surface area contributed by atoms with Crippen LogP contribution in [-0.4, -0.2) is 21.9 Å². The maximum atomic E-state index is 14.0. The van der Waals surface area contributed by atoms with Gasteiger partial charge in [0.1, 0.15) is 0 Å². The fraction of sp³-hybridized carbons (Fsp3) is 0.308. The molecule has 0 unspecified atom stereocenters. The molecule has 1 heterocycles. The van der Waals surface area contributed by atoms with E-state index in [1.165, 1.54) is 12.1 Å². The summed E-state index contributed by atoms with van der Waals surface area (Å²) in [5, 5.41) is 10.7. The van der Waals surface area contributed by atoms with Crippen LogP contribution >= 0.6 is 11.3 Å². The van der Waals surface area contributed by atoms with Gasteiger partial charge in [-0.25, -0.2) is 4.98 Å². The van der Waals surface area contributed by atoms with Gasteiger partial charge in [-0.15, -0.1) is 11.3 Å². The van der Waals surface area contributed by atoms with Gasteiger partial charge in [-0.3, -0.25) is 15.0 Å². The van der Waals surface area contributed by atoms with Crippen LogP contribution in [0.15, 0.2) is 23.7 Å². The molecule has 20 heavy (non-hydrogen) atoms. The Morgan fingerprint density at radius 2 is 2.20 bits per heavy atom. The molecule has 7 heteroatoms. The molecule has 0 saturated heterocycles. The number of benzene rings is 1. The summed E-state index contributed by atoms with van der Waals surface area (Å²) in [6, 6.07) is 4.24. The van der Waals surface area contributed by atoms with E-state index in [4.69, 9.17) is 0 Å². The van der Waals surface area contributed by atoms with Gasteiger partial charge in [0.2, 0.25) is 5.82 Å². The molecule has 0 atom stereocenters. The molecule has 0 radical (unpaired) electrons. The topological polar surface area (TPSA) is 59.3 Å². The summed E-state index contributed by atoms with van der Waals surface area (Å²) in [7, 11) is 1.84. The van der Waals surface area contributed by atoms with Crippen LogP contribution in [0.5, 0.6) is 0 Å². The van der Waals surface area contributed by atoms with Crippen molar-refractivity contribution in [3.8, 4) is 0 Å². The van der Waals surface area contributed by atoms with Crippen molar-refractivity contribution >= 4 is 17.0 Å². The molecule has 1 aromatic heterocycles. The first-order valence-corrected chi connectivity index (χ1v) is 6.86. The molecule has 106 valence electrons. The second-order valence-electron chi connectivity index (χ2n) is 4.54. The highest BCUT2D eigenvalue weighted by Gasteiger charge is 2.18. The Bertz CT molecular complexity index is 630. The number of hydrogen-bond donors (Lipinski definition) is 0. The van der Waals surface area contributed by atoms with Crippen LogP contribution in [0, 0.1) is 22.9 Å². The van der Waals surface area contributed by atoms with Crippen molar-refractivity contribution in [3.05, 3.63) is 55.8 Å². The van der Waals surface area contributed by atoms with Gasteiger partial charge in [0, 0.05) is 29.6 Å². The second-order valence-corrected chi connectivity index (χ2v) is 5.48. The molecule has 0 saturated carbocycles. The monoisotopic (exact) mass is 295 g/mol. The van der Waals surface area contributed by atoms with Gasteiger partial charge in [-0.05, 0) is 14.0 Å². The van der Waals surface area contributed by atoms with Crippen LogP contribution in [0.2, 0.25) is 0 Å². The molecule has 0 aliphatic heterocycles. The predicted octanol–water partition coefficient (Wildman–Crippen LogP) is 3.13. The number of nitro benzene ring substituents is 1. The third kappa shape index (κ3) is 3.17. The summed E-state index contributed by atoms with van der Waals surface area (Å²) in [4.78, 5) is 17.2. The Morgan fingerprint density at radius 3 is 2.80 bits per heavy atom. The second kappa shape index (κ2) is 6.06. The fourth-order valence-electron chi connectivity index (χ4n) is 1.90. The number of rotatable bonds is 5. The zero-order chi connectivity index (χ0) is 14.7. The summed E-state index contributed by atoms with van der Waals surface area (Å²) >= 11 is 1.55. The molecule has 0 N–H and O–H groups in total. The molecule has 2 rings (SSSR count). The fourth-order valence-corrected chi connectivity index (χ4v) is 2.76. The van der Waals surface area contributed by atoms with Gasteiger partial charge in [0.05, 0.1) is 16.1 Å². The highest BCUT2D eigenvalue weighted by molar-refractivity contribution is 7.09. The van der Waals surface area contributed by atoms with Gasteiger partial charge in [-0.2, -0.15) is 4.39 Å². The Kier molecular flexibility index (Phi) is 4.41. The minimum Gasteiger partial charge on any atom is -0.297 e. The standard InChI is InChI=1S/C13H14FN3O2S/c1-9-12(20-8-15-9)7-16(2)6-10-4-3-5-11(13(10)14)17(18)19/h3-5,8H,6-7H2,1-2H3. The molecule has 0 fully saturated rings. The number of halogens is 1. The average molecular weight is 295 g/mol. The van der Waals surface area contributed by atoms with Crippen molar-refractivity contribution in [2.45, 2.75) is 20.0 Å². The van der Waals surface area contributed by atoms with Crippen molar-refractivity contribution in [2.24, 2.45) is 0 Å². The summed E-state index contributed by atoms with van der Waals surface area (Å²) in [6.45, 7) is 2.87. The van der Waals surface area contributed by atoms with Crippen molar-refractivity contribution in [2.75, 3.05) is 7.05 Å². The quantitative estimate of drug-likeness (QED) is 0.628. The summed E-state index contributed by atoms with van der Waals surface area (Å²) in [5.41, 5.74) is 2.57. The Morgan fingerprint density at radius 1 is 1.45 bits per heavy atom. The van der Waals surface area contributed by atoms with Crippen LogP contribution in [0.3, 0.4) is 0 Å². The lowest BCUT2D eigenvalue weighted by molar-refractivity contribution is -0.387. The predicted molar refractivity (Wildman–Crippen MR) is 75.1 cm³/mol. The molecular formula is C13H14FN3O2S. The smallest absolute Gasteiger partial charge is 0.297 e.